The smallest absolute Gasteiger partial charge is 0.00583 e. The van der Waals surface area contributed by atoms with Crippen molar-refractivity contribution >= 4 is 11.8 Å². The second-order valence-electron chi connectivity index (χ2n) is 3.71. The normalized spacial score (nSPS) is 16.1. The molecule has 1 unspecified atom stereocenters. The van der Waals surface area contributed by atoms with Gasteiger partial charge in [-0.1, -0.05) is 51.5 Å². The lowest BCUT2D eigenvalue weighted by Crippen LogP contribution is -1.84. The van der Waals surface area contributed by atoms with Crippen molar-refractivity contribution in [2.45, 2.75) is 41.0 Å². The van der Waals surface area contributed by atoms with Gasteiger partial charge in [0.05, 0.1) is 0 Å². The van der Waals surface area contributed by atoms with Gasteiger partial charge < -0.3 is 0 Å². The Morgan fingerprint density at radius 3 is 2.47 bits per heavy atom. The van der Waals surface area contributed by atoms with E-state index in [2.05, 4.69) is 58.9 Å². The molecule has 0 radical (unpaired) electrons. The molecule has 0 N–H and O–H groups in total. The first kappa shape index (κ1) is 14.6. The lowest BCUT2D eigenvalue weighted by Gasteiger charge is -2.04. The van der Waals surface area contributed by atoms with E-state index in [1.54, 1.807) is 0 Å². The zero-order valence-electron chi connectivity index (χ0n) is 10.7. The zero-order valence-corrected chi connectivity index (χ0v) is 11.5. The summed E-state index contributed by atoms with van der Waals surface area (Å²) in [4.78, 5) is 1.39. The van der Waals surface area contributed by atoms with Gasteiger partial charge in [0.25, 0.3) is 0 Å². The van der Waals surface area contributed by atoms with E-state index < -0.39 is 0 Å². The molecule has 0 heterocycles. The second-order valence-corrected chi connectivity index (χ2v) is 5.01. The van der Waals surface area contributed by atoms with Gasteiger partial charge in [-0.2, -0.15) is 0 Å². The van der Waals surface area contributed by atoms with Gasteiger partial charge in [-0.15, -0.1) is 11.8 Å². The van der Waals surface area contributed by atoms with Crippen LogP contribution in [0.2, 0.25) is 0 Å². The van der Waals surface area contributed by atoms with E-state index in [9.17, 15) is 0 Å². The lowest BCUT2D eigenvalue weighted by atomic mass is 10.1. The number of rotatable bonds is 6. The third-order valence-electron chi connectivity index (χ3n) is 2.38. The first-order valence-corrected chi connectivity index (χ1v) is 6.78. The minimum atomic E-state index is 0.682. The largest absolute Gasteiger partial charge is 0.127 e. The van der Waals surface area contributed by atoms with E-state index in [4.69, 9.17) is 0 Å². The highest BCUT2D eigenvalue weighted by Crippen LogP contribution is 2.23. The van der Waals surface area contributed by atoms with Crippen LogP contribution in [0.15, 0.2) is 34.8 Å². The molecule has 0 rings (SSSR count). The monoisotopic (exact) mass is 224 g/mol. The van der Waals surface area contributed by atoms with Crippen molar-refractivity contribution in [1.29, 1.82) is 0 Å². The summed E-state index contributed by atoms with van der Waals surface area (Å²) < 4.78 is 0. The molecule has 0 aliphatic rings. The van der Waals surface area contributed by atoms with Crippen molar-refractivity contribution in [2.75, 3.05) is 5.75 Å². The maximum absolute atomic E-state index is 2.27. The van der Waals surface area contributed by atoms with Crippen LogP contribution in [-0.2, 0) is 0 Å². The van der Waals surface area contributed by atoms with Crippen LogP contribution < -0.4 is 0 Å². The second kappa shape index (κ2) is 8.84. The molecule has 0 aromatic rings. The van der Waals surface area contributed by atoms with E-state index in [1.807, 2.05) is 11.8 Å². The van der Waals surface area contributed by atoms with Gasteiger partial charge >= 0.3 is 0 Å². The Morgan fingerprint density at radius 1 is 1.33 bits per heavy atom. The molecule has 0 aromatic carbocycles. The van der Waals surface area contributed by atoms with Gasteiger partial charge in [0.15, 0.2) is 0 Å². The van der Waals surface area contributed by atoms with Gasteiger partial charge in [0.1, 0.15) is 0 Å². The maximum Gasteiger partial charge on any atom is 0.00583 e. The number of thioether (sulfide) groups is 1. The maximum atomic E-state index is 2.27. The fourth-order valence-corrected chi connectivity index (χ4v) is 1.96. The molecular formula is C14H24S. The summed E-state index contributed by atoms with van der Waals surface area (Å²) in [5, 5.41) is 0. The predicted molar refractivity (Wildman–Crippen MR) is 74.2 cm³/mol. The van der Waals surface area contributed by atoms with Crippen LogP contribution in [0.4, 0.5) is 0 Å². The molecule has 0 aromatic heterocycles. The van der Waals surface area contributed by atoms with Gasteiger partial charge in [-0.05, 0) is 31.1 Å². The third-order valence-corrected chi connectivity index (χ3v) is 3.54. The van der Waals surface area contributed by atoms with Gasteiger partial charge in [-0.25, -0.2) is 0 Å². The van der Waals surface area contributed by atoms with Crippen LogP contribution in [-0.4, -0.2) is 5.75 Å². The topological polar surface area (TPSA) is 0 Å². The minimum Gasteiger partial charge on any atom is -0.127 e. The van der Waals surface area contributed by atoms with E-state index in [1.165, 1.54) is 16.9 Å². The van der Waals surface area contributed by atoms with Crippen LogP contribution in [0.5, 0.6) is 0 Å². The van der Waals surface area contributed by atoms with Crippen LogP contribution in [0, 0.1) is 5.92 Å². The minimum absolute atomic E-state index is 0.682. The first-order chi connectivity index (χ1) is 7.15. The van der Waals surface area contributed by atoms with Crippen molar-refractivity contribution in [2.24, 2.45) is 5.92 Å². The van der Waals surface area contributed by atoms with E-state index >= 15 is 0 Å². The highest BCUT2D eigenvalue weighted by molar-refractivity contribution is 8.03. The van der Waals surface area contributed by atoms with Crippen LogP contribution in [0.1, 0.15) is 41.0 Å². The van der Waals surface area contributed by atoms with Crippen molar-refractivity contribution < 1.29 is 0 Å². The van der Waals surface area contributed by atoms with Crippen LogP contribution >= 0.6 is 11.8 Å². The highest BCUT2D eigenvalue weighted by atomic mass is 32.2. The quantitative estimate of drug-likeness (QED) is 0.559. The highest BCUT2D eigenvalue weighted by Gasteiger charge is 1.96. The average molecular weight is 224 g/mol. The summed E-state index contributed by atoms with van der Waals surface area (Å²) in [7, 11) is 0. The fraction of sp³-hybridized carbons (Fsp3) is 0.571. The third kappa shape index (κ3) is 6.62. The SMILES string of the molecule is C\C=C(SCC)/C(C)=C\C=C/C(C)CC. The molecule has 1 atom stereocenters. The van der Waals surface area contributed by atoms with Crippen molar-refractivity contribution in [3.05, 3.63) is 34.8 Å². The summed E-state index contributed by atoms with van der Waals surface area (Å²) in [6.45, 7) is 10.9. The molecule has 0 amide bonds. The summed E-state index contributed by atoms with van der Waals surface area (Å²) in [5.74, 6) is 1.82. The first-order valence-electron chi connectivity index (χ1n) is 5.80. The molecule has 0 saturated carbocycles. The van der Waals surface area contributed by atoms with E-state index in [0.717, 1.165) is 5.75 Å². The fourth-order valence-electron chi connectivity index (χ4n) is 1.19. The predicted octanol–water partition coefficient (Wildman–Crippen LogP) is 5.19. The molecule has 86 valence electrons. The summed E-state index contributed by atoms with van der Waals surface area (Å²) >= 11 is 1.91. The summed E-state index contributed by atoms with van der Waals surface area (Å²) in [6, 6.07) is 0. The molecule has 0 aliphatic carbocycles. The van der Waals surface area contributed by atoms with E-state index in [0.29, 0.717) is 5.92 Å². The molecular weight excluding hydrogens is 200 g/mol. The molecule has 0 spiro atoms. The molecule has 0 nitrogen and oxygen atoms in total. The van der Waals surface area contributed by atoms with Crippen LogP contribution in [0.25, 0.3) is 0 Å². The summed E-state index contributed by atoms with van der Waals surface area (Å²) in [5.41, 5.74) is 1.36. The lowest BCUT2D eigenvalue weighted by molar-refractivity contribution is 0.698. The van der Waals surface area contributed by atoms with Crippen molar-refractivity contribution in [3.63, 3.8) is 0 Å². The Bertz CT molecular complexity index is 246. The standard InChI is InChI=1S/C14H24S/c1-6-12(4)10-9-11-13(5)14(7-2)15-8-3/h7,9-12H,6,8H2,1-5H3/b10-9-,13-11-,14-7+. The Kier molecular flexibility index (Phi) is 8.59. The number of hydrogen-bond donors (Lipinski definition) is 0. The Hall–Kier alpha value is -0.430. The zero-order chi connectivity index (χ0) is 11.7. The van der Waals surface area contributed by atoms with Gasteiger partial charge in [-0.3, -0.25) is 0 Å². The van der Waals surface area contributed by atoms with Gasteiger partial charge in [0.2, 0.25) is 0 Å². The molecule has 0 bridgehead atoms. The Balaban J connectivity index is 4.35. The van der Waals surface area contributed by atoms with Gasteiger partial charge in [0, 0.05) is 4.91 Å². The van der Waals surface area contributed by atoms with Crippen molar-refractivity contribution in [3.8, 4) is 0 Å². The van der Waals surface area contributed by atoms with Crippen LogP contribution in [0.3, 0.4) is 0 Å². The number of allylic oxidation sites excluding steroid dienone is 5. The molecule has 15 heavy (non-hydrogen) atoms. The molecule has 0 saturated heterocycles. The van der Waals surface area contributed by atoms with Crippen molar-refractivity contribution in [1.82, 2.24) is 0 Å². The molecule has 1 heteroatoms. The van der Waals surface area contributed by atoms with E-state index in [-0.39, 0.29) is 0 Å². The summed E-state index contributed by atoms with van der Waals surface area (Å²) in [6.07, 6.45) is 10.1. The average Bonchev–Trinajstić information content (AvgIpc) is 2.25. The number of hydrogen-bond acceptors (Lipinski definition) is 1. The Morgan fingerprint density at radius 2 is 2.00 bits per heavy atom. The Labute approximate surface area is 99.5 Å². The molecule has 0 fully saturated rings. The molecule has 0 aliphatic heterocycles.